The molecule has 2 heterocycles. The molecular weight excluding hydrogens is 178 g/mol. The number of nitrogens with one attached hydrogen (secondary N) is 1. The Kier molecular flexibility index (Phi) is 2.99. The second-order valence-corrected chi connectivity index (χ2v) is 4.17. The lowest BCUT2D eigenvalue weighted by Gasteiger charge is -2.46. The van der Waals surface area contributed by atoms with Crippen LogP contribution in [0.15, 0.2) is 12.7 Å². The van der Waals surface area contributed by atoms with E-state index in [4.69, 9.17) is 4.74 Å². The van der Waals surface area contributed by atoms with Gasteiger partial charge in [-0.25, -0.2) is 0 Å². The van der Waals surface area contributed by atoms with E-state index in [0.717, 1.165) is 25.5 Å². The van der Waals surface area contributed by atoms with E-state index in [1.165, 1.54) is 0 Å². The highest BCUT2D eigenvalue weighted by Gasteiger charge is 2.41. The molecule has 4 atom stereocenters. The summed E-state index contributed by atoms with van der Waals surface area (Å²) in [6.45, 7) is 4.25. The third-order valence-electron chi connectivity index (χ3n) is 3.32. The lowest BCUT2D eigenvalue weighted by atomic mass is 9.75. The van der Waals surface area contributed by atoms with E-state index in [1.807, 2.05) is 0 Å². The van der Waals surface area contributed by atoms with Gasteiger partial charge in [-0.3, -0.25) is 0 Å². The fraction of sp³-hybridized carbons (Fsp3) is 0.727. The average Bonchev–Trinajstić information content (AvgIpc) is 2.27. The fourth-order valence-electron chi connectivity index (χ4n) is 2.59. The zero-order valence-corrected chi connectivity index (χ0v) is 8.32. The number of piperidine rings is 2. The SMILES string of the molecule is C=CCO[C@H]1C[C@H]2CC[C@@H]1N[C@@H]2C=O. The maximum Gasteiger partial charge on any atom is 0.137 e. The van der Waals surface area contributed by atoms with Crippen LogP contribution in [-0.4, -0.2) is 31.1 Å². The molecule has 3 fully saturated rings. The van der Waals surface area contributed by atoms with Crippen LogP contribution in [0.2, 0.25) is 0 Å². The molecule has 78 valence electrons. The maximum absolute atomic E-state index is 10.8. The second-order valence-electron chi connectivity index (χ2n) is 4.17. The molecule has 3 aliphatic rings. The Morgan fingerprint density at radius 3 is 2.93 bits per heavy atom. The summed E-state index contributed by atoms with van der Waals surface area (Å²) in [5.41, 5.74) is 0. The van der Waals surface area contributed by atoms with E-state index in [2.05, 4.69) is 11.9 Å². The number of hydrogen-bond donors (Lipinski definition) is 1. The van der Waals surface area contributed by atoms with Crippen molar-refractivity contribution in [1.29, 1.82) is 0 Å². The van der Waals surface area contributed by atoms with Gasteiger partial charge in [-0.05, 0) is 25.2 Å². The lowest BCUT2D eigenvalue weighted by molar-refractivity contribution is -0.115. The number of ether oxygens (including phenoxy) is 1. The number of carbonyl (C=O) groups is 1. The van der Waals surface area contributed by atoms with Crippen molar-refractivity contribution in [3.05, 3.63) is 12.7 Å². The van der Waals surface area contributed by atoms with Crippen molar-refractivity contribution >= 4 is 6.29 Å². The van der Waals surface area contributed by atoms with Crippen LogP contribution in [-0.2, 0) is 9.53 Å². The van der Waals surface area contributed by atoms with Gasteiger partial charge in [0, 0.05) is 6.04 Å². The Balaban J connectivity index is 1.93. The van der Waals surface area contributed by atoms with Crippen molar-refractivity contribution in [1.82, 2.24) is 5.32 Å². The van der Waals surface area contributed by atoms with Crippen LogP contribution in [0, 0.1) is 5.92 Å². The van der Waals surface area contributed by atoms with Gasteiger partial charge in [0.05, 0.1) is 18.8 Å². The van der Waals surface area contributed by atoms with Gasteiger partial charge in [0.25, 0.3) is 0 Å². The molecule has 0 aromatic carbocycles. The highest BCUT2D eigenvalue weighted by Crippen LogP contribution is 2.34. The topological polar surface area (TPSA) is 38.3 Å². The molecule has 0 aromatic heterocycles. The zero-order chi connectivity index (χ0) is 9.97. The summed E-state index contributed by atoms with van der Waals surface area (Å²) in [5, 5.41) is 3.33. The van der Waals surface area contributed by atoms with Crippen molar-refractivity contribution in [2.24, 2.45) is 5.92 Å². The van der Waals surface area contributed by atoms with E-state index < -0.39 is 0 Å². The van der Waals surface area contributed by atoms with Gasteiger partial charge >= 0.3 is 0 Å². The molecule has 2 aliphatic heterocycles. The standard InChI is InChI=1S/C11H17NO2/c1-2-5-14-11-6-8-3-4-9(11)12-10(8)7-13/h2,7-12H,1,3-6H2/t8-,9+,10-,11+/m1/s1. The summed E-state index contributed by atoms with van der Waals surface area (Å²) in [6.07, 6.45) is 6.42. The summed E-state index contributed by atoms with van der Waals surface area (Å²) in [5.74, 6) is 0.479. The normalized spacial score (nSPS) is 40.9. The van der Waals surface area contributed by atoms with Crippen molar-refractivity contribution in [2.75, 3.05) is 6.61 Å². The molecule has 0 unspecified atom stereocenters. The molecule has 1 N–H and O–H groups in total. The van der Waals surface area contributed by atoms with Gasteiger partial charge < -0.3 is 14.8 Å². The monoisotopic (exact) mass is 195 g/mol. The number of hydrogen-bond acceptors (Lipinski definition) is 3. The van der Waals surface area contributed by atoms with E-state index in [1.54, 1.807) is 6.08 Å². The largest absolute Gasteiger partial charge is 0.373 e. The predicted molar refractivity (Wildman–Crippen MR) is 54.1 cm³/mol. The third kappa shape index (κ3) is 1.74. The number of rotatable bonds is 4. The van der Waals surface area contributed by atoms with Crippen LogP contribution in [0.1, 0.15) is 19.3 Å². The molecule has 2 saturated heterocycles. The Bertz CT molecular complexity index is 229. The van der Waals surface area contributed by atoms with Gasteiger partial charge in [-0.15, -0.1) is 6.58 Å². The predicted octanol–water partition coefficient (Wildman–Crippen LogP) is 0.897. The highest BCUT2D eigenvalue weighted by molar-refractivity contribution is 5.59. The van der Waals surface area contributed by atoms with Gasteiger partial charge in [-0.2, -0.15) is 0 Å². The maximum atomic E-state index is 10.8. The highest BCUT2D eigenvalue weighted by atomic mass is 16.5. The zero-order valence-electron chi connectivity index (χ0n) is 8.32. The summed E-state index contributed by atoms with van der Waals surface area (Å²) >= 11 is 0. The fourth-order valence-corrected chi connectivity index (χ4v) is 2.59. The molecule has 0 spiro atoms. The van der Waals surface area contributed by atoms with E-state index in [0.29, 0.717) is 18.6 Å². The first kappa shape index (κ1) is 9.87. The summed E-state index contributed by atoms with van der Waals surface area (Å²) in [4.78, 5) is 10.8. The van der Waals surface area contributed by atoms with Crippen molar-refractivity contribution in [3.8, 4) is 0 Å². The van der Waals surface area contributed by atoms with Crippen molar-refractivity contribution in [3.63, 3.8) is 0 Å². The van der Waals surface area contributed by atoms with Crippen LogP contribution in [0.25, 0.3) is 0 Å². The second kappa shape index (κ2) is 4.24. The Labute approximate surface area is 84.5 Å². The van der Waals surface area contributed by atoms with Crippen LogP contribution in [0.4, 0.5) is 0 Å². The number of fused-ring (bicyclic) bond motifs is 3. The minimum absolute atomic E-state index is 0.0670. The molecule has 2 bridgehead atoms. The van der Waals surface area contributed by atoms with E-state index in [9.17, 15) is 4.79 Å². The number of aldehydes is 1. The molecule has 1 aliphatic carbocycles. The number of carbonyl (C=O) groups excluding carboxylic acids is 1. The van der Waals surface area contributed by atoms with Crippen molar-refractivity contribution in [2.45, 2.75) is 37.5 Å². The molecule has 3 heteroatoms. The summed E-state index contributed by atoms with van der Waals surface area (Å²) in [7, 11) is 0. The minimum atomic E-state index is 0.0670. The van der Waals surface area contributed by atoms with Crippen LogP contribution < -0.4 is 5.32 Å². The summed E-state index contributed by atoms with van der Waals surface area (Å²) < 4.78 is 5.66. The molecule has 14 heavy (non-hydrogen) atoms. The van der Waals surface area contributed by atoms with Gasteiger partial charge in [0.15, 0.2) is 0 Å². The minimum Gasteiger partial charge on any atom is -0.373 e. The van der Waals surface area contributed by atoms with Crippen LogP contribution in [0.5, 0.6) is 0 Å². The Hall–Kier alpha value is -0.670. The molecule has 0 amide bonds. The quantitative estimate of drug-likeness (QED) is 0.535. The van der Waals surface area contributed by atoms with Crippen LogP contribution in [0.3, 0.4) is 0 Å². The van der Waals surface area contributed by atoms with Crippen molar-refractivity contribution < 1.29 is 9.53 Å². The third-order valence-corrected chi connectivity index (χ3v) is 3.32. The van der Waals surface area contributed by atoms with E-state index in [-0.39, 0.29) is 12.1 Å². The smallest absolute Gasteiger partial charge is 0.137 e. The molecule has 0 aromatic rings. The molecule has 1 saturated carbocycles. The molecule has 3 rings (SSSR count). The first-order valence-electron chi connectivity index (χ1n) is 5.29. The molecular formula is C11H17NO2. The Morgan fingerprint density at radius 1 is 1.50 bits per heavy atom. The molecule has 0 radical (unpaired) electrons. The molecule has 3 nitrogen and oxygen atoms in total. The van der Waals surface area contributed by atoms with Crippen LogP contribution >= 0.6 is 0 Å². The first-order chi connectivity index (χ1) is 6.85. The van der Waals surface area contributed by atoms with Gasteiger partial charge in [0.2, 0.25) is 0 Å². The van der Waals surface area contributed by atoms with Gasteiger partial charge in [0.1, 0.15) is 6.29 Å². The Morgan fingerprint density at radius 2 is 2.36 bits per heavy atom. The summed E-state index contributed by atoms with van der Waals surface area (Å²) in [6, 6.07) is 0.437. The van der Waals surface area contributed by atoms with E-state index >= 15 is 0 Å². The first-order valence-corrected chi connectivity index (χ1v) is 5.29. The van der Waals surface area contributed by atoms with Gasteiger partial charge in [-0.1, -0.05) is 6.08 Å². The lowest BCUT2D eigenvalue weighted by Crippen LogP contribution is -2.60. The average molecular weight is 195 g/mol.